The summed E-state index contributed by atoms with van der Waals surface area (Å²) >= 11 is 0. The summed E-state index contributed by atoms with van der Waals surface area (Å²) < 4.78 is 16.7. The van der Waals surface area contributed by atoms with Gasteiger partial charge in [0.25, 0.3) is 0 Å². The van der Waals surface area contributed by atoms with Crippen LogP contribution in [0.2, 0.25) is 0 Å². The quantitative estimate of drug-likeness (QED) is 0.160. The van der Waals surface area contributed by atoms with Gasteiger partial charge in [-0.2, -0.15) is 0 Å². The highest BCUT2D eigenvalue weighted by Gasteiger charge is 2.78. The maximum atomic E-state index is 8.93. The molecular weight excluding hydrogens is 945 g/mol. The largest absolute Gasteiger partial charge is 0.352 e. The van der Waals surface area contributed by atoms with Crippen LogP contribution in [0.15, 0.2) is 60.7 Å². The molecule has 30 aromatic carbocycles. The van der Waals surface area contributed by atoms with Crippen LogP contribution in [-0.2, 0) is 26.9 Å². The summed E-state index contributed by atoms with van der Waals surface area (Å²) in [4.78, 5) is 0. The first kappa shape index (κ1) is 30.5. The molecule has 0 bridgehead atoms. The molecule has 0 radical (unpaired) electrons. The molecule has 0 aromatic heterocycles. The van der Waals surface area contributed by atoms with Gasteiger partial charge in [0.05, 0.1) is 17.9 Å². The van der Waals surface area contributed by atoms with Gasteiger partial charge in [0, 0.05) is 11.1 Å². The molecule has 4 aliphatic carbocycles. The smallest absolute Gasteiger partial charge is 0.167 e. The molecule has 30 aromatic rings. The molecule has 1 aliphatic heterocycles. The molecule has 2 atom stereocenters. The number of ether oxygens (including phenoxy) is 2. The highest BCUT2D eigenvalue weighted by molar-refractivity contribution is 6.82. The van der Waals surface area contributed by atoms with Crippen molar-refractivity contribution in [3.63, 3.8) is 0 Å². The van der Waals surface area contributed by atoms with Crippen LogP contribution in [0.4, 0.5) is 0 Å². The molecule has 35 rings (SSSR count). The van der Waals surface area contributed by atoms with Crippen molar-refractivity contribution in [3.05, 3.63) is 94.0 Å². The van der Waals surface area contributed by atoms with Crippen molar-refractivity contribution in [2.75, 3.05) is 6.61 Å². The average Bonchev–Trinajstić information content (AvgIpc) is 1.52. The molecule has 1 fully saturated rings. The molecule has 2 nitrogen and oxygen atoms in total. The predicted molar refractivity (Wildman–Crippen MR) is 324 cm³/mol. The molecule has 0 saturated carbocycles. The Balaban J connectivity index is 1.03. The highest BCUT2D eigenvalue weighted by atomic mass is 16.7. The van der Waals surface area contributed by atoms with E-state index in [4.69, 9.17) is 9.47 Å². The number of hydrogen-bond acceptors (Lipinski definition) is 2. The lowest BCUT2D eigenvalue weighted by atomic mass is 9.50. The van der Waals surface area contributed by atoms with Crippen LogP contribution in [-0.4, -0.2) is 12.9 Å². The van der Waals surface area contributed by atoms with Crippen molar-refractivity contribution >= 4 is 291 Å². The molecule has 1 heterocycles. The third-order valence-electron chi connectivity index (χ3n) is 27.0. The van der Waals surface area contributed by atoms with Gasteiger partial charge in [-0.3, -0.25) is 0 Å². The summed E-state index contributed by atoms with van der Waals surface area (Å²) in [7, 11) is 0. The molecule has 78 heavy (non-hydrogen) atoms. The standard InChI is InChI=1S/C76H16O2/c1-3-7-13(8-4-1)11-12-77-74-69(14-9-5-2-6-10-14)75-70-61-53-43-33-25-17-15-16-19-23-21(17)29-37-31(23)41-35-27(19)28-20(16)24-22-18(15)26(25)34-40-30(22)38-32(24)42-36(28)46-45(35)57-51(41)59-49(37)55(47(53)39(29)33)63(70)65(59)72-67(57)68-58(46)52(42)60-50(38)56-48(40)54(44(34)43)62(61)71(75)64(56)66(60)73(68)76(72,75)78-74/h1-10,69,74H,11-12H2/t69-,74+,75?,76?/m0/s1. The minimum Gasteiger partial charge on any atom is -0.352 e. The van der Waals surface area contributed by atoms with Crippen LogP contribution in [0.1, 0.15) is 39.3 Å². The van der Waals surface area contributed by atoms with E-state index < -0.39 is 17.3 Å². The molecule has 0 N–H and O–H groups in total. The minimum absolute atomic E-state index is 0.106. The Bertz CT molecular complexity index is 7600. The summed E-state index contributed by atoms with van der Waals surface area (Å²) in [6.45, 7) is 0.600. The lowest BCUT2D eigenvalue weighted by Crippen LogP contribution is -2.51. The minimum atomic E-state index is -0.823. The molecule has 332 valence electrons. The molecule has 2 heteroatoms. The van der Waals surface area contributed by atoms with E-state index in [9.17, 15) is 0 Å². The molecule has 2 spiro atoms. The van der Waals surface area contributed by atoms with Gasteiger partial charge >= 0.3 is 0 Å². The van der Waals surface area contributed by atoms with Crippen LogP contribution in [0.25, 0.3) is 291 Å². The monoisotopic (exact) mass is 960 g/mol. The van der Waals surface area contributed by atoms with Crippen molar-refractivity contribution in [1.29, 1.82) is 0 Å². The Morgan fingerprint density at radius 1 is 0.269 bits per heavy atom. The van der Waals surface area contributed by atoms with E-state index in [1.807, 2.05) is 0 Å². The van der Waals surface area contributed by atoms with Gasteiger partial charge in [-0.05, 0) is 320 Å². The fourth-order valence-electron chi connectivity index (χ4n) is 26.6. The van der Waals surface area contributed by atoms with Gasteiger partial charge in [0.1, 0.15) is 5.60 Å². The first-order valence-corrected chi connectivity index (χ1v) is 29.0. The number of hydrogen-bond donors (Lipinski definition) is 0. The van der Waals surface area contributed by atoms with Gasteiger partial charge in [-0.1, -0.05) is 60.7 Å². The molecule has 5 aliphatic rings. The van der Waals surface area contributed by atoms with Gasteiger partial charge < -0.3 is 9.47 Å². The first-order chi connectivity index (χ1) is 38.9. The van der Waals surface area contributed by atoms with E-state index in [-0.39, 0.29) is 5.92 Å². The fourth-order valence-corrected chi connectivity index (χ4v) is 26.6. The van der Waals surface area contributed by atoms with Crippen LogP contribution < -0.4 is 0 Å². The van der Waals surface area contributed by atoms with Crippen LogP contribution >= 0.6 is 0 Å². The van der Waals surface area contributed by atoms with Gasteiger partial charge in [0.2, 0.25) is 0 Å². The van der Waals surface area contributed by atoms with E-state index in [1.54, 1.807) is 302 Å². The van der Waals surface area contributed by atoms with E-state index in [1.165, 1.54) is 22.3 Å². The van der Waals surface area contributed by atoms with Crippen LogP contribution in [0, 0.1) is 0 Å². The zero-order chi connectivity index (χ0) is 46.7. The predicted octanol–water partition coefficient (Wildman–Crippen LogP) is 19.7. The fraction of sp³-hybridized carbons (Fsp3) is 0.0789. The third-order valence-corrected chi connectivity index (χ3v) is 27.0. The molecular formula is C76H16O2. The second-order valence-electron chi connectivity index (χ2n) is 27.7. The Morgan fingerprint density at radius 3 is 0.769 bits per heavy atom. The van der Waals surface area contributed by atoms with Crippen molar-refractivity contribution in [3.8, 4) is 0 Å². The van der Waals surface area contributed by atoms with Gasteiger partial charge in [-0.15, -0.1) is 0 Å². The van der Waals surface area contributed by atoms with Gasteiger partial charge in [0.15, 0.2) is 6.29 Å². The molecule has 0 amide bonds. The normalized spacial score (nSPS) is 23.3. The van der Waals surface area contributed by atoms with E-state index in [2.05, 4.69) is 60.7 Å². The highest BCUT2D eigenvalue weighted by Crippen LogP contribution is 2.87. The van der Waals surface area contributed by atoms with Crippen molar-refractivity contribution < 1.29 is 9.47 Å². The second kappa shape index (κ2) is 7.36. The van der Waals surface area contributed by atoms with Crippen LogP contribution in [0.3, 0.4) is 0 Å². The summed E-state index contributed by atoms with van der Waals surface area (Å²) in [6, 6.07) is 22.9. The Kier molecular flexibility index (Phi) is 2.88. The summed E-state index contributed by atoms with van der Waals surface area (Å²) in [5.74, 6) is -0.106. The molecule has 0 unspecified atom stereocenters. The van der Waals surface area contributed by atoms with Crippen molar-refractivity contribution in [1.82, 2.24) is 0 Å². The lowest BCUT2D eigenvalue weighted by molar-refractivity contribution is -0.164. The SMILES string of the molecule is c1ccc(CCO[C@@H]2OC34c5c6c7c8c9c%10c(c%11c%12c3c3c5c5c%13c6c6c7c7c9c9c%14c%10c%10c%11c%11c%12c%12c3c3c5c5c%13c%13c6c6c7c9c7c9c%14c%10c%10c%11c%11c%12c3c3c5c5c%13c6c7c6c9c%10c%11c3c56)C84[C@H]2c2ccccc2)cc1. The summed E-state index contributed by atoms with van der Waals surface area (Å²) in [5.41, 5.74) is 7.57. The third kappa shape index (κ3) is 1.77. The molecule has 1 saturated heterocycles. The van der Waals surface area contributed by atoms with Crippen molar-refractivity contribution in [2.45, 2.75) is 29.6 Å². The maximum absolute atomic E-state index is 8.93. The lowest BCUT2D eigenvalue weighted by Gasteiger charge is -2.50. The summed E-state index contributed by atoms with van der Waals surface area (Å²) in [6.07, 6.45) is 0.357. The first-order valence-electron chi connectivity index (χ1n) is 29.0. The summed E-state index contributed by atoms with van der Waals surface area (Å²) in [5, 5.41) is 87.1. The van der Waals surface area contributed by atoms with E-state index in [0.29, 0.717) is 6.61 Å². The second-order valence-corrected chi connectivity index (χ2v) is 27.7. The maximum Gasteiger partial charge on any atom is 0.167 e. The Hall–Kier alpha value is -9.18. The van der Waals surface area contributed by atoms with Gasteiger partial charge in [-0.25, -0.2) is 0 Å². The number of benzene rings is 20. The zero-order valence-electron chi connectivity index (χ0n) is 40.2. The van der Waals surface area contributed by atoms with Crippen molar-refractivity contribution in [2.24, 2.45) is 0 Å². The Labute approximate surface area is 428 Å². The van der Waals surface area contributed by atoms with E-state index >= 15 is 0 Å². The number of rotatable bonds is 5. The zero-order valence-corrected chi connectivity index (χ0v) is 40.2. The van der Waals surface area contributed by atoms with Crippen LogP contribution in [0.5, 0.6) is 0 Å². The topological polar surface area (TPSA) is 18.5 Å². The Morgan fingerprint density at radius 2 is 0.500 bits per heavy atom. The van der Waals surface area contributed by atoms with E-state index in [0.717, 1.165) is 6.42 Å². The average molecular weight is 961 g/mol.